The molecule has 0 atom stereocenters. The summed E-state index contributed by atoms with van der Waals surface area (Å²) in [5, 5.41) is 0. The van der Waals surface area contributed by atoms with Gasteiger partial charge in [-0.25, -0.2) is 9.80 Å². The van der Waals surface area contributed by atoms with Crippen LogP contribution < -0.4 is 9.80 Å². The van der Waals surface area contributed by atoms with Crippen molar-refractivity contribution in [2.24, 2.45) is 92.7 Å². The lowest BCUT2D eigenvalue weighted by Crippen LogP contribution is -2.61. The van der Waals surface area contributed by atoms with Crippen molar-refractivity contribution in [3.05, 3.63) is 24.3 Å². The molecule has 16 fully saturated rings. The van der Waals surface area contributed by atoms with Crippen molar-refractivity contribution in [2.45, 2.75) is 154 Å². The van der Waals surface area contributed by atoms with Gasteiger partial charge in [-0.3, -0.25) is 19.2 Å². The molecule has 298 valence electrons. The van der Waals surface area contributed by atoms with Crippen LogP contribution in [0.5, 0.6) is 0 Å². The second-order valence-corrected chi connectivity index (χ2v) is 24.2. The third-order valence-electron chi connectivity index (χ3n) is 20.1. The van der Waals surface area contributed by atoms with Crippen LogP contribution in [0.4, 0.5) is 11.4 Å². The second kappa shape index (κ2) is 11.6. The summed E-state index contributed by atoms with van der Waals surface area (Å²) in [6.07, 6.45) is 26.4. The van der Waals surface area contributed by atoms with Gasteiger partial charge in [0.15, 0.2) is 0 Å². The smallest absolute Gasteiger partial charge is 0.240 e. The minimum absolute atomic E-state index is 0.0799. The molecule has 1 aromatic carbocycles. The van der Waals surface area contributed by atoms with Crippen LogP contribution in [-0.2, 0) is 19.2 Å². The number of nitrogens with zero attached hydrogens (tertiary/aromatic N) is 2. The second-order valence-electron chi connectivity index (χ2n) is 24.2. The molecule has 56 heavy (non-hydrogen) atoms. The average Bonchev–Trinajstić information content (AvgIpc) is 3.13. The Labute approximate surface area is 334 Å². The van der Waals surface area contributed by atoms with Gasteiger partial charge in [-0.1, -0.05) is 0 Å². The molecular weight excluding hydrogens is 693 g/mol. The van der Waals surface area contributed by atoms with Gasteiger partial charge in [-0.2, -0.15) is 0 Å². The fourth-order valence-corrected chi connectivity index (χ4v) is 19.8. The number of carbonyl (C=O) groups excluding carboxylic acids is 4. The van der Waals surface area contributed by atoms with Crippen LogP contribution in [0, 0.1) is 92.7 Å². The van der Waals surface area contributed by atoms with Crippen molar-refractivity contribution in [3.8, 4) is 0 Å². The Bertz CT molecular complexity index is 1500. The molecule has 0 radical (unpaired) electrons. The molecular formula is C50H64N2O4. The summed E-state index contributed by atoms with van der Waals surface area (Å²) in [4.78, 5) is 65.4. The van der Waals surface area contributed by atoms with Gasteiger partial charge < -0.3 is 0 Å². The van der Waals surface area contributed by atoms with Crippen LogP contribution >= 0.6 is 0 Å². The highest BCUT2D eigenvalue weighted by molar-refractivity contribution is 6.20. The third kappa shape index (κ3) is 4.91. The van der Waals surface area contributed by atoms with Crippen LogP contribution in [0.1, 0.15) is 154 Å². The first-order chi connectivity index (χ1) is 27.0. The van der Waals surface area contributed by atoms with Crippen molar-refractivity contribution in [2.75, 3.05) is 9.80 Å². The Morgan fingerprint density at radius 3 is 0.589 bits per heavy atom. The highest BCUT2D eigenvalue weighted by atomic mass is 16.2. The molecule has 17 rings (SSSR count). The van der Waals surface area contributed by atoms with E-state index in [0.717, 1.165) is 77.0 Å². The molecule has 1 aromatic rings. The number of benzene rings is 1. The predicted molar refractivity (Wildman–Crippen MR) is 214 cm³/mol. The first kappa shape index (κ1) is 34.4. The molecule has 16 aliphatic rings. The first-order valence-corrected chi connectivity index (χ1v) is 23.9. The Balaban J connectivity index is 0.889. The number of hydrogen-bond donors (Lipinski definition) is 0. The van der Waals surface area contributed by atoms with E-state index in [-0.39, 0.29) is 23.6 Å². The molecule has 0 heterocycles. The highest BCUT2D eigenvalue weighted by Crippen LogP contribution is 2.66. The van der Waals surface area contributed by atoms with Crippen LogP contribution in [-0.4, -0.2) is 23.6 Å². The summed E-state index contributed by atoms with van der Waals surface area (Å²) in [7, 11) is 0. The van der Waals surface area contributed by atoms with Crippen molar-refractivity contribution < 1.29 is 19.2 Å². The fourth-order valence-electron chi connectivity index (χ4n) is 19.8. The third-order valence-corrected chi connectivity index (χ3v) is 20.1. The van der Waals surface area contributed by atoms with Crippen molar-refractivity contribution in [1.29, 1.82) is 0 Å². The van der Waals surface area contributed by atoms with Gasteiger partial charge in [-0.15, -0.1) is 0 Å². The molecule has 0 aromatic heterocycles. The molecule has 4 amide bonds. The maximum absolute atomic E-state index is 15.5. The average molecular weight is 757 g/mol. The summed E-state index contributed by atoms with van der Waals surface area (Å²) in [5.74, 6) is 7.70. The Kier molecular flexibility index (Phi) is 7.13. The van der Waals surface area contributed by atoms with Gasteiger partial charge in [-0.05, 0) is 249 Å². The zero-order valence-corrected chi connectivity index (χ0v) is 33.7. The first-order valence-electron chi connectivity index (χ1n) is 23.9. The maximum Gasteiger partial charge on any atom is 0.240 e. The van der Waals surface area contributed by atoms with E-state index in [9.17, 15) is 0 Å². The van der Waals surface area contributed by atoms with Gasteiger partial charge in [0.25, 0.3) is 0 Å². The van der Waals surface area contributed by atoms with E-state index in [4.69, 9.17) is 0 Å². The van der Waals surface area contributed by atoms with Gasteiger partial charge in [0, 0.05) is 0 Å². The standard InChI is InChI=1S/C50H64N2O4/c53-43(47-17-29-5-30(18-47)7-31(6-29)19-47)51(44(54)48-20-32-8-33(21-48)10-34(9-32)22-48)41-1-2-42(4-3-41)52(45(55)49-23-35-11-36(24-49)13-37(12-35)25-49)46(56)50-26-38-14-39(27-50)16-40(15-38)28-50/h1-4,29-40H,5-28H2. The molecule has 6 heteroatoms. The minimum atomic E-state index is -0.430. The SMILES string of the molecule is O=C(N(C(=O)C12CC3CC(CC(C3)C1)C2)c1ccc(N(C(=O)C23CC4CC(CC(C4)C2)C3)C(=O)C23CC4CC(CC(C4)C2)C3)cc1)C12CC3CC(CC(C3)C1)C2. The normalized spacial score (nSPS) is 50.4. The van der Waals surface area contributed by atoms with Crippen LogP contribution in [0.3, 0.4) is 0 Å². The van der Waals surface area contributed by atoms with E-state index in [0.29, 0.717) is 82.4 Å². The summed E-state index contributed by atoms with van der Waals surface area (Å²) in [6, 6.07) is 7.94. The zero-order valence-electron chi connectivity index (χ0n) is 33.7. The van der Waals surface area contributed by atoms with Gasteiger partial charge in [0.05, 0.1) is 33.0 Å². The lowest BCUT2D eigenvalue weighted by Gasteiger charge is -2.59. The largest absolute Gasteiger partial charge is 0.273 e. The zero-order chi connectivity index (χ0) is 37.3. The number of amides is 4. The molecule has 16 saturated carbocycles. The molecule has 0 N–H and O–H groups in total. The number of carbonyl (C=O) groups is 4. The quantitative estimate of drug-likeness (QED) is 0.271. The maximum atomic E-state index is 15.5. The predicted octanol–water partition coefficient (Wildman–Crippen LogP) is 10.3. The van der Waals surface area contributed by atoms with E-state index < -0.39 is 21.7 Å². The molecule has 6 nitrogen and oxygen atoms in total. The molecule has 0 aliphatic heterocycles. The summed E-state index contributed by atoms with van der Waals surface area (Å²) in [6.45, 7) is 0. The Morgan fingerprint density at radius 1 is 0.304 bits per heavy atom. The number of imide groups is 2. The monoisotopic (exact) mass is 756 g/mol. The van der Waals surface area contributed by atoms with Crippen molar-refractivity contribution >= 4 is 35.0 Å². The Hall–Kier alpha value is -2.50. The summed E-state index contributed by atoms with van der Waals surface area (Å²) in [5.41, 5.74) is -0.360. The van der Waals surface area contributed by atoms with E-state index >= 15 is 19.2 Å². The summed E-state index contributed by atoms with van der Waals surface area (Å²) >= 11 is 0. The van der Waals surface area contributed by atoms with Gasteiger partial charge in [0.2, 0.25) is 23.6 Å². The lowest BCUT2D eigenvalue weighted by atomic mass is 9.48. The lowest BCUT2D eigenvalue weighted by molar-refractivity contribution is -0.154. The van der Waals surface area contributed by atoms with Crippen LogP contribution in [0.15, 0.2) is 24.3 Å². The molecule has 0 spiro atoms. The van der Waals surface area contributed by atoms with Gasteiger partial charge >= 0.3 is 0 Å². The van der Waals surface area contributed by atoms with E-state index in [1.807, 2.05) is 24.3 Å². The van der Waals surface area contributed by atoms with E-state index in [1.165, 1.54) is 77.0 Å². The molecule has 16 bridgehead atoms. The number of hydrogen-bond acceptors (Lipinski definition) is 4. The van der Waals surface area contributed by atoms with E-state index in [2.05, 4.69) is 0 Å². The molecule has 0 saturated heterocycles. The number of rotatable bonds is 6. The van der Waals surface area contributed by atoms with E-state index in [1.54, 1.807) is 9.80 Å². The van der Waals surface area contributed by atoms with Crippen LogP contribution in [0.25, 0.3) is 0 Å². The van der Waals surface area contributed by atoms with Gasteiger partial charge in [0.1, 0.15) is 0 Å². The highest BCUT2D eigenvalue weighted by Gasteiger charge is 2.63. The fraction of sp³-hybridized carbons (Fsp3) is 0.800. The van der Waals surface area contributed by atoms with Crippen molar-refractivity contribution in [1.82, 2.24) is 0 Å². The topological polar surface area (TPSA) is 74.8 Å². The Morgan fingerprint density at radius 2 is 0.446 bits per heavy atom. The molecule has 16 aliphatic carbocycles. The van der Waals surface area contributed by atoms with Crippen molar-refractivity contribution in [3.63, 3.8) is 0 Å². The number of anilines is 2. The minimum Gasteiger partial charge on any atom is -0.273 e. The molecule has 0 unspecified atom stereocenters. The van der Waals surface area contributed by atoms with Crippen LogP contribution in [0.2, 0.25) is 0 Å². The summed E-state index contributed by atoms with van der Waals surface area (Å²) < 4.78 is 0.